The highest BCUT2D eigenvalue weighted by Crippen LogP contribution is 2.49. The molecule has 37 heavy (non-hydrogen) atoms. The van der Waals surface area contributed by atoms with E-state index in [4.69, 9.17) is 9.47 Å². The van der Waals surface area contributed by atoms with Crippen LogP contribution in [0.4, 0.5) is 8.78 Å². The molecular formula is C30H28ClF2NO3. The van der Waals surface area contributed by atoms with Gasteiger partial charge >= 0.3 is 0 Å². The van der Waals surface area contributed by atoms with Gasteiger partial charge < -0.3 is 19.9 Å². The zero-order valence-corrected chi connectivity index (χ0v) is 21.0. The second-order valence-corrected chi connectivity index (χ2v) is 9.52. The first-order valence-corrected chi connectivity index (χ1v) is 12.5. The first-order valence-electron chi connectivity index (χ1n) is 12.5. The second kappa shape index (κ2) is 10.6. The van der Waals surface area contributed by atoms with Gasteiger partial charge in [-0.05, 0) is 84.1 Å². The zero-order chi connectivity index (χ0) is 24.6. The topological polar surface area (TPSA) is 50.7 Å². The molecule has 0 amide bonds. The van der Waals surface area contributed by atoms with Crippen LogP contribution in [0.15, 0.2) is 66.7 Å². The number of nitrogens with one attached hydrogen (secondary N) is 1. The van der Waals surface area contributed by atoms with Crippen LogP contribution in [0.2, 0.25) is 0 Å². The number of phenols is 1. The number of rotatable bonds is 5. The van der Waals surface area contributed by atoms with Crippen molar-refractivity contribution in [3.05, 3.63) is 89.5 Å². The molecule has 2 heterocycles. The van der Waals surface area contributed by atoms with E-state index >= 15 is 0 Å². The third-order valence-corrected chi connectivity index (χ3v) is 7.21. The van der Waals surface area contributed by atoms with Crippen molar-refractivity contribution in [3.8, 4) is 28.4 Å². The molecule has 2 aliphatic rings. The number of aromatic hydroxyl groups is 1. The SMILES string of the molecule is Cl.Oc1ccc2c3c(ccc2c1)-c1ccc(F)c(F)c1OC3c1ccc(OCCC2CCCCN2)cc1. The summed E-state index contributed by atoms with van der Waals surface area (Å²) in [5.41, 5.74) is 2.93. The van der Waals surface area contributed by atoms with E-state index in [-0.39, 0.29) is 23.9 Å². The van der Waals surface area contributed by atoms with E-state index in [9.17, 15) is 13.9 Å². The molecule has 0 aliphatic carbocycles. The Labute approximate surface area is 220 Å². The minimum Gasteiger partial charge on any atom is -0.508 e. The fourth-order valence-corrected chi connectivity index (χ4v) is 5.36. The molecule has 0 bridgehead atoms. The van der Waals surface area contributed by atoms with Crippen LogP contribution >= 0.6 is 12.4 Å². The number of piperidine rings is 1. The zero-order valence-electron chi connectivity index (χ0n) is 20.2. The number of halogens is 3. The van der Waals surface area contributed by atoms with Crippen LogP contribution in [0, 0.1) is 11.6 Å². The lowest BCUT2D eigenvalue weighted by Crippen LogP contribution is -2.35. The quantitative estimate of drug-likeness (QED) is 0.288. The van der Waals surface area contributed by atoms with Crippen LogP contribution in [0.1, 0.15) is 42.9 Å². The summed E-state index contributed by atoms with van der Waals surface area (Å²) in [7, 11) is 0. The van der Waals surface area contributed by atoms with Crippen molar-refractivity contribution >= 4 is 23.2 Å². The summed E-state index contributed by atoms with van der Waals surface area (Å²) in [5.74, 6) is -1.12. The molecule has 4 aromatic rings. The van der Waals surface area contributed by atoms with Gasteiger partial charge in [0.1, 0.15) is 11.5 Å². The molecule has 6 rings (SSSR count). The van der Waals surface area contributed by atoms with Gasteiger partial charge in [0.25, 0.3) is 0 Å². The van der Waals surface area contributed by atoms with Crippen molar-refractivity contribution in [1.29, 1.82) is 0 Å². The summed E-state index contributed by atoms with van der Waals surface area (Å²) >= 11 is 0. The van der Waals surface area contributed by atoms with E-state index in [1.807, 2.05) is 42.5 Å². The normalized spacial score (nSPS) is 18.3. The van der Waals surface area contributed by atoms with Crippen molar-refractivity contribution in [2.75, 3.05) is 13.2 Å². The number of hydrogen-bond acceptors (Lipinski definition) is 4. The molecule has 2 aliphatic heterocycles. The smallest absolute Gasteiger partial charge is 0.201 e. The van der Waals surface area contributed by atoms with Crippen LogP contribution < -0.4 is 14.8 Å². The molecular weight excluding hydrogens is 496 g/mol. The van der Waals surface area contributed by atoms with E-state index in [1.165, 1.54) is 19.3 Å². The van der Waals surface area contributed by atoms with E-state index in [2.05, 4.69) is 5.32 Å². The standard InChI is InChI=1S/C30H27F2NO3.ClH/c31-26-13-12-25-24-10-6-19-17-21(34)7-11-23(19)27(24)29(36-30(25)28(26)32)18-4-8-22(9-5-18)35-16-14-20-3-1-2-15-33-20;/h4-13,17,20,29,33-34H,1-3,14-16H2;1H. The highest BCUT2D eigenvalue weighted by Gasteiger charge is 2.32. The molecule has 2 atom stereocenters. The number of ether oxygens (including phenoxy) is 2. The van der Waals surface area contributed by atoms with Crippen molar-refractivity contribution in [2.45, 2.75) is 37.8 Å². The Balaban J connectivity index is 0.00000280. The summed E-state index contributed by atoms with van der Waals surface area (Å²) < 4.78 is 41.1. The van der Waals surface area contributed by atoms with E-state index in [0.717, 1.165) is 52.2 Å². The maximum Gasteiger partial charge on any atom is 0.201 e. The van der Waals surface area contributed by atoms with Crippen molar-refractivity contribution in [2.24, 2.45) is 0 Å². The molecule has 2 N–H and O–H groups in total. The van der Waals surface area contributed by atoms with Crippen LogP contribution in [0.25, 0.3) is 21.9 Å². The van der Waals surface area contributed by atoms with Crippen LogP contribution in [0.5, 0.6) is 17.2 Å². The monoisotopic (exact) mass is 523 g/mol. The summed E-state index contributed by atoms with van der Waals surface area (Å²) in [4.78, 5) is 0. The molecule has 1 saturated heterocycles. The van der Waals surface area contributed by atoms with Crippen molar-refractivity contribution in [1.82, 2.24) is 5.32 Å². The lowest BCUT2D eigenvalue weighted by Gasteiger charge is -2.31. The van der Waals surface area contributed by atoms with Crippen LogP contribution in [-0.2, 0) is 0 Å². The average Bonchev–Trinajstić information content (AvgIpc) is 2.91. The minimum atomic E-state index is -0.995. The minimum absolute atomic E-state index is 0. The van der Waals surface area contributed by atoms with Crippen LogP contribution in [-0.4, -0.2) is 24.3 Å². The Hall–Kier alpha value is -3.35. The lowest BCUT2D eigenvalue weighted by molar-refractivity contribution is 0.229. The van der Waals surface area contributed by atoms with Gasteiger partial charge in [0.2, 0.25) is 5.82 Å². The Morgan fingerprint density at radius 3 is 2.54 bits per heavy atom. The number of fused-ring (bicyclic) bond motifs is 5. The fourth-order valence-electron chi connectivity index (χ4n) is 5.36. The third-order valence-electron chi connectivity index (χ3n) is 7.21. The molecule has 4 aromatic carbocycles. The van der Waals surface area contributed by atoms with Gasteiger partial charge in [-0.3, -0.25) is 0 Å². The average molecular weight is 524 g/mol. The molecule has 0 saturated carbocycles. The highest BCUT2D eigenvalue weighted by molar-refractivity contribution is 5.95. The Morgan fingerprint density at radius 2 is 1.76 bits per heavy atom. The Kier molecular flexibility index (Phi) is 7.22. The Bertz CT molecular complexity index is 1420. The summed E-state index contributed by atoms with van der Waals surface area (Å²) in [6, 6.07) is 19.7. The molecule has 7 heteroatoms. The summed E-state index contributed by atoms with van der Waals surface area (Å²) in [6.07, 6.45) is 3.99. The number of benzene rings is 4. The molecule has 2 unspecified atom stereocenters. The van der Waals surface area contributed by atoms with Gasteiger partial charge in [-0.15, -0.1) is 12.4 Å². The van der Waals surface area contributed by atoms with Gasteiger partial charge in [0.15, 0.2) is 17.7 Å². The van der Waals surface area contributed by atoms with Gasteiger partial charge in [-0.25, -0.2) is 4.39 Å². The Morgan fingerprint density at radius 1 is 0.946 bits per heavy atom. The van der Waals surface area contributed by atoms with Crippen molar-refractivity contribution in [3.63, 3.8) is 0 Å². The lowest BCUT2D eigenvalue weighted by atomic mass is 9.86. The molecule has 1 fully saturated rings. The number of hydrogen-bond donors (Lipinski definition) is 2. The molecule has 0 aromatic heterocycles. The fraction of sp³-hybridized carbons (Fsp3) is 0.267. The molecule has 0 spiro atoms. The van der Waals surface area contributed by atoms with Gasteiger partial charge in [0, 0.05) is 17.2 Å². The largest absolute Gasteiger partial charge is 0.508 e. The summed E-state index contributed by atoms with van der Waals surface area (Å²) in [6.45, 7) is 1.70. The maximum atomic E-state index is 14.8. The van der Waals surface area contributed by atoms with E-state index < -0.39 is 17.7 Å². The number of phenolic OH excluding ortho intramolecular Hbond substituents is 1. The maximum absolute atomic E-state index is 14.8. The van der Waals surface area contributed by atoms with E-state index in [0.29, 0.717) is 18.2 Å². The highest BCUT2D eigenvalue weighted by atomic mass is 35.5. The predicted molar refractivity (Wildman–Crippen MR) is 143 cm³/mol. The second-order valence-electron chi connectivity index (χ2n) is 9.52. The first kappa shape index (κ1) is 25.3. The van der Waals surface area contributed by atoms with Crippen LogP contribution in [0.3, 0.4) is 0 Å². The third kappa shape index (κ3) is 4.83. The first-order chi connectivity index (χ1) is 17.6. The molecule has 0 radical (unpaired) electrons. The van der Waals surface area contributed by atoms with Gasteiger partial charge in [-0.2, -0.15) is 4.39 Å². The molecule has 4 nitrogen and oxygen atoms in total. The predicted octanol–water partition coefficient (Wildman–Crippen LogP) is 7.31. The van der Waals surface area contributed by atoms with Gasteiger partial charge in [0.05, 0.1) is 6.61 Å². The summed E-state index contributed by atoms with van der Waals surface area (Å²) in [5, 5.41) is 15.2. The van der Waals surface area contributed by atoms with Crippen molar-refractivity contribution < 1.29 is 23.4 Å². The van der Waals surface area contributed by atoms with E-state index in [1.54, 1.807) is 18.2 Å². The van der Waals surface area contributed by atoms with Gasteiger partial charge in [-0.1, -0.05) is 36.8 Å². The molecule has 192 valence electrons.